The van der Waals surface area contributed by atoms with Crippen molar-refractivity contribution in [3.63, 3.8) is 0 Å². The second-order valence-corrected chi connectivity index (χ2v) is 7.41. The number of halogens is 1. The molecule has 2 aliphatic heterocycles. The van der Waals surface area contributed by atoms with E-state index in [1.165, 1.54) is 58.2 Å². The number of aliphatic imine (C=N–C) groups is 1. The van der Waals surface area contributed by atoms with Crippen LogP contribution < -0.4 is 10.6 Å². The van der Waals surface area contributed by atoms with E-state index in [1.54, 1.807) is 6.26 Å². The van der Waals surface area contributed by atoms with E-state index in [9.17, 15) is 0 Å². The third-order valence-corrected chi connectivity index (χ3v) is 5.53. The summed E-state index contributed by atoms with van der Waals surface area (Å²) in [5.74, 6) is 1.93. The van der Waals surface area contributed by atoms with Crippen LogP contribution in [0.25, 0.3) is 0 Å². The molecule has 0 aliphatic carbocycles. The molecule has 1 unspecified atom stereocenters. The molecule has 3 rings (SSSR count). The summed E-state index contributed by atoms with van der Waals surface area (Å²) in [6.07, 6.45) is 9.53. The lowest BCUT2D eigenvalue weighted by Crippen LogP contribution is -2.43. The summed E-state index contributed by atoms with van der Waals surface area (Å²) < 4.78 is 5.69. The number of nitrogens with one attached hydrogen (secondary N) is 2. The van der Waals surface area contributed by atoms with E-state index in [0.29, 0.717) is 0 Å². The van der Waals surface area contributed by atoms with Crippen molar-refractivity contribution < 1.29 is 4.42 Å². The predicted molar refractivity (Wildman–Crippen MR) is 122 cm³/mol. The van der Waals surface area contributed by atoms with Crippen LogP contribution in [-0.2, 0) is 0 Å². The molecule has 27 heavy (non-hydrogen) atoms. The molecule has 0 aromatic carbocycles. The zero-order valence-electron chi connectivity index (χ0n) is 16.7. The van der Waals surface area contributed by atoms with E-state index in [2.05, 4.69) is 31.5 Å². The molecule has 1 atom stereocenters. The SMILES string of the molecule is CN=C(NCCCCN1CCCC1)NCC(c1ccco1)N1CCCC1.I. The van der Waals surface area contributed by atoms with Crippen LogP contribution in [0.2, 0.25) is 0 Å². The number of guanidine groups is 1. The summed E-state index contributed by atoms with van der Waals surface area (Å²) in [6.45, 7) is 7.92. The molecule has 1 aromatic rings. The van der Waals surface area contributed by atoms with Gasteiger partial charge in [-0.3, -0.25) is 9.89 Å². The number of hydrogen-bond acceptors (Lipinski definition) is 4. The normalized spacial score (nSPS) is 19.8. The highest BCUT2D eigenvalue weighted by Crippen LogP contribution is 2.24. The highest BCUT2D eigenvalue weighted by atomic mass is 127. The van der Waals surface area contributed by atoms with Gasteiger partial charge in [0.05, 0.1) is 12.3 Å². The smallest absolute Gasteiger partial charge is 0.191 e. The minimum atomic E-state index is 0. The Kier molecular flexibility index (Phi) is 10.5. The molecular formula is C20H36IN5O. The predicted octanol–water partition coefficient (Wildman–Crippen LogP) is 3.08. The zero-order chi connectivity index (χ0) is 18.0. The molecule has 7 heteroatoms. The van der Waals surface area contributed by atoms with E-state index in [4.69, 9.17) is 4.42 Å². The second kappa shape index (κ2) is 12.6. The third kappa shape index (κ3) is 7.27. The van der Waals surface area contributed by atoms with Crippen molar-refractivity contribution in [3.05, 3.63) is 24.2 Å². The second-order valence-electron chi connectivity index (χ2n) is 7.41. The fourth-order valence-electron chi connectivity index (χ4n) is 4.03. The van der Waals surface area contributed by atoms with Gasteiger partial charge in [-0.2, -0.15) is 0 Å². The fourth-order valence-corrected chi connectivity index (χ4v) is 4.03. The molecule has 0 radical (unpaired) electrons. The highest BCUT2D eigenvalue weighted by Gasteiger charge is 2.25. The van der Waals surface area contributed by atoms with Crippen molar-refractivity contribution in [2.75, 3.05) is 52.9 Å². The lowest BCUT2D eigenvalue weighted by molar-refractivity contribution is 0.215. The Hall–Kier alpha value is -0.800. The van der Waals surface area contributed by atoms with E-state index in [0.717, 1.165) is 37.9 Å². The van der Waals surface area contributed by atoms with Gasteiger partial charge in [0.15, 0.2) is 5.96 Å². The molecule has 0 saturated carbocycles. The van der Waals surface area contributed by atoms with Gasteiger partial charge < -0.3 is 20.0 Å². The molecule has 2 aliphatic rings. The monoisotopic (exact) mass is 489 g/mol. The molecule has 2 N–H and O–H groups in total. The first-order valence-corrected chi connectivity index (χ1v) is 10.3. The van der Waals surface area contributed by atoms with Crippen molar-refractivity contribution in [1.29, 1.82) is 0 Å². The molecule has 0 bridgehead atoms. The van der Waals surface area contributed by atoms with Gasteiger partial charge in [0.2, 0.25) is 0 Å². The van der Waals surface area contributed by atoms with Crippen molar-refractivity contribution in [2.45, 2.75) is 44.6 Å². The molecule has 6 nitrogen and oxygen atoms in total. The van der Waals surface area contributed by atoms with Crippen molar-refractivity contribution in [2.24, 2.45) is 4.99 Å². The standard InChI is InChI=1S/C20H35N5O.HI/c1-21-20(22-10-2-3-11-24-12-4-5-13-24)23-17-18(19-9-8-16-26-19)25-14-6-7-15-25;/h8-9,16,18H,2-7,10-15,17H2,1H3,(H2,21,22,23);1H. The summed E-state index contributed by atoms with van der Waals surface area (Å²) in [4.78, 5) is 9.47. The first kappa shape index (κ1) is 22.5. The molecule has 2 saturated heterocycles. The summed E-state index contributed by atoms with van der Waals surface area (Å²) in [7, 11) is 1.84. The van der Waals surface area contributed by atoms with Gasteiger partial charge in [0.25, 0.3) is 0 Å². The van der Waals surface area contributed by atoms with Crippen molar-refractivity contribution >= 4 is 29.9 Å². The van der Waals surface area contributed by atoms with Crippen molar-refractivity contribution in [3.8, 4) is 0 Å². The fraction of sp³-hybridized carbons (Fsp3) is 0.750. The van der Waals surface area contributed by atoms with E-state index in [-0.39, 0.29) is 30.0 Å². The quantitative estimate of drug-likeness (QED) is 0.242. The van der Waals surface area contributed by atoms with Crippen LogP contribution >= 0.6 is 24.0 Å². The van der Waals surface area contributed by atoms with Crippen LogP contribution in [0, 0.1) is 0 Å². The summed E-state index contributed by atoms with van der Waals surface area (Å²) in [5.41, 5.74) is 0. The van der Waals surface area contributed by atoms with Gasteiger partial charge in [-0.1, -0.05) is 0 Å². The molecule has 0 spiro atoms. The largest absolute Gasteiger partial charge is 0.468 e. The minimum absolute atomic E-state index is 0. The summed E-state index contributed by atoms with van der Waals surface area (Å²) >= 11 is 0. The molecular weight excluding hydrogens is 453 g/mol. The van der Waals surface area contributed by atoms with Crippen LogP contribution in [0.15, 0.2) is 27.8 Å². The molecule has 0 amide bonds. The van der Waals surface area contributed by atoms with Gasteiger partial charge >= 0.3 is 0 Å². The number of nitrogens with zero attached hydrogens (tertiary/aromatic N) is 3. The Bertz CT molecular complexity index is 524. The Morgan fingerprint density at radius 3 is 2.52 bits per heavy atom. The van der Waals surface area contributed by atoms with Crippen LogP contribution in [0.3, 0.4) is 0 Å². The summed E-state index contributed by atoms with van der Waals surface area (Å²) in [5, 5.41) is 6.95. The van der Waals surface area contributed by atoms with Gasteiger partial charge in [0, 0.05) is 20.1 Å². The molecule has 2 fully saturated rings. The Morgan fingerprint density at radius 2 is 1.85 bits per heavy atom. The Balaban J connectivity index is 0.00000261. The lowest BCUT2D eigenvalue weighted by Gasteiger charge is -2.26. The van der Waals surface area contributed by atoms with Gasteiger partial charge in [0.1, 0.15) is 5.76 Å². The van der Waals surface area contributed by atoms with E-state index >= 15 is 0 Å². The maximum absolute atomic E-state index is 5.69. The van der Waals surface area contributed by atoms with Gasteiger partial charge in [-0.25, -0.2) is 0 Å². The first-order valence-electron chi connectivity index (χ1n) is 10.3. The molecule has 3 heterocycles. The number of unbranched alkanes of at least 4 members (excludes halogenated alkanes) is 1. The van der Waals surface area contributed by atoms with Crippen LogP contribution in [0.4, 0.5) is 0 Å². The zero-order valence-corrected chi connectivity index (χ0v) is 19.0. The van der Waals surface area contributed by atoms with Crippen LogP contribution in [0.5, 0.6) is 0 Å². The number of likely N-dealkylation sites (tertiary alicyclic amines) is 2. The van der Waals surface area contributed by atoms with Crippen LogP contribution in [0.1, 0.15) is 50.3 Å². The number of rotatable bonds is 9. The maximum Gasteiger partial charge on any atom is 0.191 e. The van der Waals surface area contributed by atoms with E-state index in [1.807, 2.05) is 13.1 Å². The minimum Gasteiger partial charge on any atom is -0.468 e. The Labute approximate surface area is 181 Å². The number of furan rings is 1. The average Bonchev–Trinajstić information content (AvgIpc) is 3.43. The molecule has 1 aromatic heterocycles. The van der Waals surface area contributed by atoms with Crippen molar-refractivity contribution in [1.82, 2.24) is 20.4 Å². The van der Waals surface area contributed by atoms with Crippen LogP contribution in [-0.4, -0.2) is 68.6 Å². The summed E-state index contributed by atoms with van der Waals surface area (Å²) in [6, 6.07) is 4.34. The first-order chi connectivity index (χ1) is 12.9. The molecule has 154 valence electrons. The number of hydrogen-bond donors (Lipinski definition) is 2. The van der Waals surface area contributed by atoms with E-state index < -0.39 is 0 Å². The average molecular weight is 489 g/mol. The maximum atomic E-state index is 5.69. The van der Waals surface area contributed by atoms with Gasteiger partial charge in [-0.15, -0.1) is 24.0 Å². The topological polar surface area (TPSA) is 56.0 Å². The highest BCUT2D eigenvalue weighted by molar-refractivity contribution is 14.0. The lowest BCUT2D eigenvalue weighted by atomic mass is 10.2. The van der Waals surface area contributed by atoms with Gasteiger partial charge in [-0.05, 0) is 83.4 Å². The third-order valence-electron chi connectivity index (χ3n) is 5.53. The Morgan fingerprint density at radius 1 is 1.11 bits per heavy atom.